The van der Waals surface area contributed by atoms with E-state index in [2.05, 4.69) is 37.1 Å². The number of pyridine rings is 1. The maximum absolute atomic E-state index is 8.81. The Morgan fingerprint density at radius 2 is 2.17 bits per heavy atom. The Kier molecular flexibility index (Phi) is 5.11. The van der Waals surface area contributed by atoms with Crippen LogP contribution in [0.25, 0.3) is 0 Å². The van der Waals surface area contributed by atoms with Crippen molar-refractivity contribution < 1.29 is 4.74 Å². The van der Waals surface area contributed by atoms with Crippen LogP contribution in [0.4, 0.5) is 0 Å². The number of rotatable bonds is 5. The van der Waals surface area contributed by atoms with Gasteiger partial charge in [-0.3, -0.25) is 4.98 Å². The molecule has 0 saturated heterocycles. The van der Waals surface area contributed by atoms with E-state index >= 15 is 0 Å². The molecule has 0 aliphatic heterocycles. The number of nitrogens with zero attached hydrogens (tertiary/aromatic N) is 2. The van der Waals surface area contributed by atoms with Gasteiger partial charge in [0.05, 0.1) is 11.9 Å². The van der Waals surface area contributed by atoms with Gasteiger partial charge in [-0.25, -0.2) is 0 Å². The summed E-state index contributed by atoms with van der Waals surface area (Å²) in [5, 5.41) is 12.2. The number of hydrogen-bond acceptors (Lipinski definition) is 4. The van der Waals surface area contributed by atoms with Gasteiger partial charge in [-0.2, -0.15) is 5.26 Å². The summed E-state index contributed by atoms with van der Waals surface area (Å²) in [6.07, 6.45) is 1.94. The van der Waals surface area contributed by atoms with Crippen molar-refractivity contribution in [1.29, 1.82) is 5.26 Å². The fraction of sp³-hybridized carbons (Fsp3) is 0.571. The standard InChI is InChI=1S/C14H21N3O/c1-5-12(8-15)18-13-7-6-11(16-10-13)9-17-14(2,3)4/h6-7,10,12,17H,5,9H2,1-4H3. The summed E-state index contributed by atoms with van der Waals surface area (Å²) in [5.41, 5.74) is 1.03. The second-order valence-electron chi connectivity index (χ2n) is 5.23. The van der Waals surface area contributed by atoms with E-state index in [4.69, 9.17) is 10.00 Å². The van der Waals surface area contributed by atoms with Crippen molar-refractivity contribution in [1.82, 2.24) is 10.3 Å². The zero-order chi connectivity index (χ0) is 13.6. The Morgan fingerprint density at radius 3 is 2.61 bits per heavy atom. The summed E-state index contributed by atoms with van der Waals surface area (Å²) < 4.78 is 5.47. The smallest absolute Gasteiger partial charge is 0.184 e. The van der Waals surface area contributed by atoms with E-state index in [-0.39, 0.29) is 5.54 Å². The van der Waals surface area contributed by atoms with Gasteiger partial charge < -0.3 is 10.1 Å². The SMILES string of the molecule is CCC(C#N)Oc1ccc(CNC(C)(C)C)nc1. The lowest BCUT2D eigenvalue weighted by Crippen LogP contribution is -2.35. The monoisotopic (exact) mass is 247 g/mol. The molecule has 1 atom stereocenters. The molecule has 0 radical (unpaired) electrons. The Labute approximate surface area is 109 Å². The Bertz CT molecular complexity index is 401. The molecule has 0 aromatic carbocycles. The molecule has 1 aromatic heterocycles. The quantitative estimate of drug-likeness (QED) is 0.869. The van der Waals surface area contributed by atoms with Crippen LogP contribution in [-0.2, 0) is 6.54 Å². The van der Waals surface area contributed by atoms with Crippen LogP contribution in [0.2, 0.25) is 0 Å². The zero-order valence-electron chi connectivity index (χ0n) is 11.5. The van der Waals surface area contributed by atoms with E-state index in [9.17, 15) is 0 Å². The molecule has 0 aliphatic carbocycles. The lowest BCUT2D eigenvalue weighted by Gasteiger charge is -2.20. The van der Waals surface area contributed by atoms with Crippen LogP contribution < -0.4 is 10.1 Å². The highest BCUT2D eigenvalue weighted by Crippen LogP contribution is 2.13. The van der Waals surface area contributed by atoms with Gasteiger partial charge in [-0.1, -0.05) is 6.92 Å². The van der Waals surface area contributed by atoms with Gasteiger partial charge in [0.2, 0.25) is 0 Å². The number of hydrogen-bond donors (Lipinski definition) is 1. The van der Waals surface area contributed by atoms with Crippen LogP contribution in [0.15, 0.2) is 18.3 Å². The van der Waals surface area contributed by atoms with Crippen LogP contribution >= 0.6 is 0 Å². The van der Waals surface area contributed by atoms with Crippen LogP contribution in [-0.4, -0.2) is 16.6 Å². The molecule has 1 aromatic rings. The lowest BCUT2D eigenvalue weighted by molar-refractivity contribution is 0.251. The highest BCUT2D eigenvalue weighted by atomic mass is 16.5. The predicted molar refractivity (Wildman–Crippen MR) is 71.1 cm³/mol. The van der Waals surface area contributed by atoms with E-state index in [1.54, 1.807) is 6.20 Å². The summed E-state index contributed by atoms with van der Waals surface area (Å²) >= 11 is 0. The molecule has 18 heavy (non-hydrogen) atoms. The summed E-state index contributed by atoms with van der Waals surface area (Å²) in [6, 6.07) is 5.87. The van der Waals surface area contributed by atoms with E-state index in [1.807, 2.05) is 19.1 Å². The molecule has 0 aliphatic rings. The predicted octanol–water partition coefficient (Wildman–Crippen LogP) is 2.65. The number of nitriles is 1. The number of aromatic nitrogens is 1. The Hall–Kier alpha value is -1.60. The van der Waals surface area contributed by atoms with Crippen LogP contribution in [0, 0.1) is 11.3 Å². The van der Waals surface area contributed by atoms with Gasteiger partial charge >= 0.3 is 0 Å². The number of ether oxygens (including phenoxy) is 1. The maximum Gasteiger partial charge on any atom is 0.184 e. The minimum absolute atomic E-state index is 0.0744. The molecule has 0 amide bonds. The Morgan fingerprint density at radius 1 is 1.44 bits per heavy atom. The molecule has 1 unspecified atom stereocenters. The molecule has 0 spiro atoms. The largest absolute Gasteiger partial charge is 0.474 e. The van der Waals surface area contributed by atoms with Crippen LogP contribution in [0.5, 0.6) is 5.75 Å². The first-order chi connectivity index (χ1) is 8.44. The van der Waals surface area contributed by atoms with E-state index in [0.29, 0.717) is 12.2 Å². The van der Waals surface area contributed by atoms with Gasteiger partial charge in [0.25, 0.3) is 0 Å². The Balaban J connectivity index is 2.55. The third kappa shape index (κ3) is 5.15. The van der Waals surface area contributed by atoms with Gasteiger partial charge in [0.15, 0.2) is 6.10 Å². The van der Waals surface area contributed by atoms with Crippen LogP contribution in [0.1, 0.15) is 39.8 Å². The van der Waals surface area contributed by atoms with E-state index in [1.165, 1.54) is 0 Å². The van der Waals surface area contributed by atoms with Crippen molar-refractivity contribution in [3.05, 3.63) is 24.0 Å². The fourth-order valence-corrected chi connectivity index (χ4v) is 1.31. The highest BCUT2D eigenvalue weighted by molar-refractivity contribution is 5.21. The lowest BCUT2D eigenvalue weighted by atomic mass is 10.1. The first-order valence-electron chi connectivity index (χ1n) is 6.21. The molecule has 1 heterocycles. The molecular weight excluding hydrogens is 226 g/mol. The first kappa shape index (κ1) is 14.5. The van der Waals surface area contributed by atoms with Crippen molar-refractivity contribution in [2.75, 3.05) is 0 Å². The molecule has 98 valence electrons. The van der Waals surface area contributed by atoms with Gasteiger partial charge in [0.1, 0.15) is 11.8 Å². The molecule has 1 N–H and O–H groups in total. The molecule has 0 fully saturated rings. The molecule has 1 rings (SSSR count). The summed E-state index contributed by atoms with van der Waals surface area (Å²) in [4.78, 5) is 4.31. The zero-order valence-corrected chi connectivity index (χ0v) is 11.5. The van der Waals surface area contributed by atoms with Crippen molar-refractivity contribution in [3.8, 4) is 11.8 Å². The highest BCUT2D eigenvalue weighted by Gasteiger charge is 2.09. The minimum atomic E-state index is -0.398. The maximum atomic E-state index is 8.81. The van der Waals surface area contributed by atoms with Gasteiger partial charge in [-0.05, 0) is 39.3 Å². The topological polar surface area (TPSA) is 57.9 Å². The van der Waals surface area contributed by atoms with Gasteiger partial charge in [0, 0.05) is 12.1 Å². The molecular formula is C14H21N3O. The van der Waals surface area contributed by atoms with E-state index in [0.717, 1.165) is 12.2 Å². The van der Waals surface area contributed by atoms with E-state index < -0.39 is 6.10 Å². The van der Waals surface area contributed by atoms with Crippen molar-refractivity contribution in [2.45, 2.75) is 52.3 Å². The second kappa shape index (κ2) is 6.36. The summed E-state index contributed by atoms with van der Waals surface area (Å²) in [5.74, 6) is 0.642. The minimum Gasteiger partial charge on any atom is -0.474 e. The molecule has 0 saturated carbocycles. The molecule has 0 bridgehead atoms. The normalized spacial score (nSPS) is 12.8. The van der Waals surface area contributed by atoms with Gasteiger partial charge in [-0.15, -0.1) is 0 Å². The first-order valence-corrected chi connectivity index (χ1v) is 6.21. The second-order valence-corrected chi connectivity index (χ2v) is 5.23. The average Bonchev–Trinajstić information content (AvgIpc) is 2.34. The van der Waals surface area contributed by atoms with Crippen molar-refractivity contribution in [3.63, 3.8) is 0 Å². The summed E-state index contributed by atoms with van der Waals surface area (Å²) in [7, 11) is 0. The fourth-order valence-electron chi connectivity index (χ4n) is 1.31. The van der Waals surface area contributed by atoms with Crippen molar-refractivity contribution in [2.24, 2.45) is 0 Å². The molecule has 4 nitrogen and oxygen atoms in total. The van der Waals surface area contributed by atoms with Crippen molar-refractivity contribution >= 4 is 0 Å². The average molecular weight is 247 g/mol. The van der Waals surface area contributed by atoms with Crippen LogP contribution in [0.3, 0.4) is 0 Å². The number of nitrogens with one attached hydrogen (secondary N) is 1. The molecule has 4 heteroatoms. The third-order valence-corrected chi connectivity index (χ3v) is 2.39. The summed E-state index contributed by atoms with van der Waals surface area (Å²) in [6.45, 7) is 8.98. The third-order valence-electron chi connectivity index (χ3n) is 2.39.